The Morgan fingerprint density at radius 1 is 0.622 bits per heavy atom. The molecule has 0 saturated carbocycles. The Morgan fingerprint density at radius 3 is 1.38 bits per heavy atom. The van der Waals surface area contributed by atoms with Crippen LogP contribution in [-0.4, -0.2) is 24.0 Å². The highest BCUT2D eigenvalue weighted by Crippen LogP contribution is 2.24. The van der Waals surface area contributed by atoms with Gasteiger partial charge in [-0.1, -0.05) is 49.2 Å². The number of aryl methyl sites for hydroxylation is 5. The minimum absolute atomic E-state index is 0.241. The molecule has 0 aliphatic rings. The average Bonchev–Trinajstić information content (AvgIpc) is 2.82. The predicted octanol–water partition coefficient (Wildman–Crippen LogP) is 6.82. The first-order valence-corrected chi connectivity index (χ1v) is 12.8. The molecule has 0 aromatic heterocycles. The normalized spacial score (nSPS) is 12.4. The molecule has 3 rings (SSSR count). The molecule has 3 aromatic rings. The van der Waals surface area contributed by atoms with Crippen LogP contribution in [0.3, 0.4) is 0 Å². The fourth-order valence-electron chi connectivity index (χ4n) is 4.19. The van der Waals surface area contributed by atoms with Crippen LogP contribution in [0.15, 0.2) is 54.6 Å². The van der Waals surface area contributed by atoms with Gasteiger partial charge in [0, 0.05) is 11.4 Å². The summed E-state index contributed by atoms with van der Waals surface area (Å²) in [7, 11) is 0. The Balaban J connectivity index is 1.70. The highest BCUT2D eigenvalue weighted by molar-refractivity contribution is 5.97. The van der Waals surface area contributed by atoms with E-state index in [1.165, 1.54) is 0 Å². The van der Waals surface area contributed by atoms with Crippen LogP contribution in [0, 0.1) is 34.6 Å². The lowest BCUT2D eigenvalue weighted by Crippen LogP contribution is -2.33. The molecule has 0 spiro atoms. The zero-order valence-corrected chi connectivity index (χ0v) is 22.9. The number of carbonyl (C=O) groups excluding carboxylic acids is 2. The lowest BCUT2D eigenvalue weighted by Gasteiger charge is -2.20. The van der Waals surface area contributed by atoms with Crippen LogP contribution >= 0.6 is 0 Å². The fourth-order valence-corrected chi connectivity index (χ4v) is 4.19. The van der Waals surface area contributed by atoms with E-state index in [2.05, 4.69) is 10.6 Å². The SMILES string of the molecule is CCC(Oc1ccc(C)cc1C)C(=O)Nc1cc(C)cc(NC(=O)C(CC)Oc2ccc(C)cc2C)c1. The molecule has 2 unspecified atom stereocenters. The third-order valence-electron chi connectivity index (χ3n) is 6.14. The maximum Gasteiger partial charge on any atom is 0.265 e. The van der Waals surface area contributed by atoms with Crippen LogP contribution in [0.25, 0.3) is 0 Å². The fraction of sp³-hybridized carbons (Fsp3) is 0.355. The van der Waals surface area contributed by atoms with Crippen molar-refractivity contribution in [1.82, 2.24) is 0 Å². The Morgan fingerprint density at radius 2 is 1.03 bits per heavy atom. The Labute approximate surface area is 220 Å². The largest absolute Gasteiger partial charge is 0.480 e. The molecule has 0 heterocycles. The van der Waals surface area contributed by atoms with E-state index in [1.54, 1.807) is 6.07 Å². The summed E-state index contributed by atoms with van der Waals surface area (Å²) in [5.41, 5.74) is 6.33. The summed E-state index contributed by atoms with van der Waals surface area (Å²) in [6.45, 7) is 13.7. The number of hydrogen-bond donors (Lipinski definition) is 2. The molecule has 37 heavy (non-hydrogen) atoms. The van der Waals surface area contributed by atoms with Crippen LogP contribution in [0.2, 0.25) is 0 Å². The van der Waals surface area contributed by atoms with Gasteiger partial charge in [-0.2, -0.15) is 0 Å². The molecule has 0 saturated heterocycles. The molecule has 0 radical (unpaired) electrons. The highest BCUT2D eigenvalue weighted by atomic mass is 16.5. The van der Waals surface area contributed by atoms with Crippen molar-refractivity contribution in [1.29, 1.82) is 0 Å². The molecule has 196 valence electrons. The molecule has 2 N–H and O–H groups in total. The molecule has 2 atom stereocenters. The second-order valence-corrected chi connectivity index (χ2v) is 9.63. The standard InChI is InChI=1S/C31H38N2O4/c1-8-26(36-28-12-10-19(3)14-22(28)6)30(34)32-24-16-21(5)17-25(18-24)33-31(35)27(9-2)37-29-13-11-20(4)15-23(29)7/h10-18,26-27H,8-9H2,1-7H3,(H,32,34)(H,33,35). The second-order valence-electron chi connectivity index (χ2n) is 9.63. The second kappa shape index (κ2) is 12.4. The molecule has 0 aliphatic heterocycles. The first-order chi connectivity index (χ1) is 17.6. The number of hydrogen-bond acceptors (Lipinski definition) is 4. The summed E-state index contributed by atoms with van der Waals surface area (Å²) >= 11 is 0. The van der Waals surface area contributed by atoms with Gasteiger partial charge < -0.3 is 20.1 Å². The molecular weight excluding hydrogens is 464 g/mol. The quantitative estimate of drug-likeness (QED) is 0.319. The van der Waals surface area contributed by atoms with Crippen LogP contribution in [0.4, 0.5) is 11.4 Å². The van der Waals surface area contributed by atoms with Crippen LogP contribution in [-0.2, 0) is 9.59 Å². The van der Waals surface area contributed by atoms with Gasteiger partial charge >= 0.3 is 0 Å². The van der Waals surface area contributed by atoms with E-state index in [0.29, 0.717) is 35.7 Å². The summed E-state index contributed by atoms with van der Waals surface area (Å²) in [6.07, 6.45) is -0.253. The van der Waals surface area contributed by atoms with Gasteiger partial charge in [-0.15, -0.1) is 0 Å². The van der Waals surface area contributed by atoms with E-state index in [0.717, 1.165) is 27.8 Å². The molecule has 2 amide bonds. The van der Waals surface area contributed by atoms with Gasteiger partial charge in [0.1, 0.15) is 11.5 Å². The van der Waals surface area contributed by atoms with Crippen LogP contribution < -0.4 is 20.1 Å². The topological polar surface area (TPSA) is 76.7 Å². The summed E-state index contributed by atoms with van der Waals surface area (Å²) < 4.78 is 12.1. The van der Waals surface area contributed by atoms with Crippen molar-refractivity contribution in [2.24, 2.45) is 0 Å². The number of benzene rings is 3. The Kier molecular flexibility index (Phi) is 9.34. The van der Waals surface area contributed by atoms with Crippen molar-refractivity contribution in [2.45, 2.75) is 73.5 Å². The van der Waals surface area contributed by atoms with Crippen molar-refractivity contribution < 1.29 is 19.1 Å². The average molecular weight is 503 g/mol. The van der Waals surface area contributed by atoms with Crippen LogP contribution in [0.5, 0.6) is 11.5 Å². The molecule has 6 nitrogen and oxygen atoms in total. The van der Waals surface area contributed by atoms with E-state index in [4.69, 9.17) is 9.47 Å². The van der Waals surface area contributed by atoms with E-state index in [9.17, 15) is 9.59 Å². The van der Waals surface area contributed by atoms with Crippen molar-refractivity contribution >= 4 is 23.2 Å². The van der Waals surface area contributed by atoms with Gasteiger partial charge in [0.15, 0.2) is 12.2 Å². The molecule has 0 bridgehead atoms. The summed E-state index contributed by atoms with van der Waals surface area (Å²) in [4.78, 5) is 26.1. The first kappa shape index (κ1) is 27.8. The molecule has 0 fully saturated rings. The number of ether oxygens (including phenoxy) is 2. The zero-order valence-electron chi connectivity index (χ0n) is 22.9. The number of anilines is 2. The lowest BCUT2D eigenvalue weighted by atomic mass is 10.1. The molecule has 3 aromatic carbocycles. The van der Waals surface area contributed by atoms with Crippen LogP contribution in [0.1, 0.15) is 54.5 Å². The zero-order chi connectivity index (χ0) is 27.1. The summed E-state index contributed by atoms with van der Waals surface area (Å²) in [6, 6.07) is 17.3. The molecule has 0 aliphatic carbocycles. The van der Waals surface area contributed by atoms with Gasteiger partial charge in [0.2, 0.25) is 0 Å². The van der Waals surface area contributed by atoms with E-state index in [1.807, 2.05) is 97.0 Å². The third-order valence-corrected chi connectivity index (χ3v) is 6.14. The van der Waals surface area contributed by atoms with Gasteiger partial charge in [-0.3, -0.25) is 9.59 Å². The number of nitrogens with one attached hydrogen (secondary N) is 2. The lowest BCUT2D eigenvalue weighted by molar-refractivity contribution is -0.123. The van der Waals surface area contributed by atoms with E-state index in [-0.39, 0.29) is 11.8 Å². The van der Waals surface area contributed by atoms with Gasteiger partial charge in [0.25, 0.3) is 11.8 Å². The van der Waals surface area contributed by atoms with Crippen molar-refractivity contribution in [3.05, 3.63) is 82.4 Å². The van der Waals surface area contributed by atoms with E-state index < -0.39 is 12.2 Å². The van der Waals surface area contributed by atoms with Gasteiger partial charge in [0.05, 0.1) is 0 Å². The minimum Gasteiger partial charge on any atom is -0.480 e. The molecule has 6 heteroatoms. The summed E-state index contributed by atoms with van der Waals surface area (Å²) in [5, 5.41) is 5.90. The minimum atomic E-state index is -0.643. The number of rotatable bonds is 10. The van der Waals surface area contributed by atoms with Crippen molar-refractivity contribution in [3.8, 4) is 11.5 Å². The smallest absolute Gasteiger partial charge is 0.265 e. The number of amides is 2. The monoisotopic (exact) mass is 502 g/mol. The summed E-state index contributed by atoms with van der Waals surface area (Å²) in [5.74, 6) is 0.906. The first-order valence-electron chi connectivity index (χ1n) is 12.8. The predicted molar refractivity (Wildman–Crippen MR) is 150 cm³/mol. The third kappa shape index (κ3) is 7.59. The van der Waals surface area contributed by atoms with Gasteiger partial charge in [-0.05, 0) is 94.5 Å². The Hall–Kier alpha value is -3.80. The Bertz CT molecular complexity index is 1170. The van der Waals surface area contributed by atoms with Crippen molar-refractivity contribution in [3.63, 3.8) is 0 Å². The van der Waals surface area contributed by atoms with Gasteiger partial charge in [-0.25, -0.2) is 0 Å². The highest BCUT2D eigenvalue weighted by Gasteiger charge is 2.22. The van der Waals surface area contributed by atoms with Crippen molar-refractivity contribution in [2.75, 3.05) is 10.6 Å². The maximum atomic E-state index is 13.0. The molecular formula is C31H38N2O4. The van der Waals surface area contributed by atoms with E-state index >= 15 is 0 Å². The maximum absolute atomic E-state index is 13.0. The number of carbonyl (C=O) groups is 2.